The highest BCUT2D eigenvalue weighted by Crippen LogP contribution is 2.26. The van der Waals surface area contributed by atoms with Crippen molar-refractivity contribution < 1.29 is 13.2 Å². The van der Waals surface area contributed by atoms with Crippen molar-refractivity contribution in [1.82, 2.24) is 9.73 Å². The molecule has 7 heteroatoms. The normalized spacial score (nSPS) is 15.9. The van der Waals surface area contributed by atoms with Crippen LogP contribution in [0.25, 0.3) is 10.8 Å². The van der Waals surface area contributed by atoms with Crippen LogP contribution in [0.3, 0.4) is 0 Å². The van der Waals surface area contributed by atoms with Crippen LogP contribution in [-0.2, 0) is 14.8 Å². The van der Waals surface area contributed by atoms with Gasteiger partial charge in [-0.1, -0.05) is 48.5 Å². The molecule has 1 aliphatic heterocycles. The molecule has 3 aromatic carbocycles. The molecule has 0 unspecified atom stereocenters. The molecular weight excluding hydrogens is 386 g/mol. The Balaban J connectivity index is 1.38. The molecule has 0 bridgehead atoms. The summed E-state index contributed by atoms with van der Waals surface area (Å²) in [6, 6.07) is 22.3. The van der Waals surface area contributed by atoms with Gasteiger partial charge < -0.3 is 0 Å². The van der Waals surface area contributed by atoms with E-state index in [-0.39, 0.29) is 11.8 Å². The molecule has 1 amide bonds. The molecule has 2 N–H and O–H groups in total. The van der Waals surface area contributed by atoms with Crippen molar-refractivity contribution in [3.8, 4) is 0 Å². The van der Waals surface area contributed by atoms with E-state index in [0.717, 1.165) is 16.5 Å². The number of hydrazine groups is 1. The molecule has 1 heterocycles. The van der Waals surface area contributed by atoms with Crippen LogP contribution in [0.5, 0.6) is 0 Å². The first-order valence-electron chi connectivity index (χ1n) is 9.64. The van der Waals surface area contributed by atoms with Gasteiger partial charge in [0.1, 0.15) is 0 Å². The molecule has 0 spiro atoms. The lowest BCUT2D eigenvalue weighted by atomic mass is 9.98. The Morgan fingerprint density at radius 1 is 0.862 bits per heavy atom. The highest BCUT2D eigenvalue weighted by molar-refractivity contribution is 7.89. The number of amides is 1. The Kier molecular flexibility index (Phi) is 5.51. The molecule has 1 fully saturated rings. The van der Waals surface area contributed by atoms with Crippen LogP contribution in [0.1, 0.15) is 12.8 Å². The van der Waals surface area contributed by atoms with Crippen molar-refractivity contribution in [3.63, 3.8) is 0 Å². The lowest BCUT2D eigenvalue weighted by molar-refractivity contribution is -0.125. The van der Waals surface area contributed by atoms with Gasteiger partial charge in [-0.15, -0.1) is 0 Å². The molecule has 0 aromatic heterocycles. The van der Waals surface area contributed by atoms with Crippen LogP contribution in [0, 0.1) is 5.92 Å². The number of rotatable bonds is 5. The summed E-state index contributed by atoms with van der Waals surface area (Å²) in [5, 5.41) is 1.91. The average molecular weight is 410 g/mol. The number of nitrogens with one attached hydrogen (secondary N) is 2. The second-order valence-corrected chi connectivity index (χ2v) is 9.11. The topological polar surface area (TPSA) is 78.5 Å². The molecule has 29 heavy (non-hydrogen) atoms. The summed E-state index contributed by atoms with van der Waals surface area (Å²) in [5.41, 5.74) is 6.41. The van der Waals surface area contributed by atoms with Gasteiger partial charge in [-0.25, -0.2) is 8.42 Å². The second-order valence-electron chi connectivity index (χ2n) is 7.17. The van der Waals surface area contributed by atoms with Gasteiger partial charge in [0.25, 0.3) is 0 Å². The van der Waals surface area contributed by atoms with E-state index in [0.29, 0.717) is 30.8 Å². The number of carbonyl (C=O) groups excluding carboxylic acids is 1. The number of fused-ring (bicyclic) bond motifs is 1. The zero-order valence-electron chi connectivity index (χ0n) is 15.9. The summed E-state index contributed by atoms with van der Waals surface area (Å²) in [5.74, 6) is -0.328. The molecule has 6 nitrogen and oxygen atoms in total. The zero-order chi connectivity index (χ0) is 20.3. The maximum Gasteiger partial charge on any atom is 0.243 e. The van der Waals surface area contributed by atoms with Gasteiger partial charge in [0, 0.05) is 19.0 Å². The van der Waals surface area contributed by atoms with Crippen LogP contribution >= 0.6 is 0 Å². The Bertz CT molecular complexity index is 1110. The van der Waals surface area contributed by atoms with Crippen LogP contribution in [0.15, 0.2) is 77.7 Å². The lowest BCUT2D eigenvalue weighted by Gasteiger charge is -2.30. The predicted molar refractivity (Wildman–Crippen MR) is 114 cm³/mol. The standard InChI is InChI=1S/C22H23N3O3S/c26-22(24-23-20-8-2-1-3-9-20)18-12-14-25(15-13-18)29(27,28)21-11-10-17-6-4-5-7-19(17)16-21/h1-11,16,18,23H,12-15H2,(H,24,26). The summed E-state index contributed by atoms with van der Waals surface area (Å²) in [4.78, 5) is 12.7. The van der Waals surface area contributed by atoms with Crippen molar-refractivity contribution in [2.24, 2.45) is 5.92 Å². The third kappa shape index (κ3) is 4.26. The molecule has 1 saturated heterocycles. The minimum Gasteiger partial charge on any atom is -0.299 e. The van der Waals surface area contributed by atoms with Crippen molar-refractivity contribution in [2.75, 3.05) is 18.5 Å². The van der Waals surface area contributed by atoms with Crippen LogP contribution < -0.4 is 10.9 Å². The number of anilines is 1. The van der Waals surface area contributed by atoms with Gasteiger partial charge in [-0.05, 0) is 47.9 Å². The second kappa shape index (κ2) is 8.23. The maximum absolute atomic E-state index is 13.0. The number of sulfonamides is 1. The Hall–Kier alpha value is -2.90. The average Bonchev–Trinajstić information content (AvgIpc) is 2.78. The smallest absolute Gasteiger partial charge is 0.243 e. The van der Waals surface area contributed by atoms with Crippen molar-refractivity contribution in [1.29, 1.82) is 0 Å². The van der Waals surface area contributed by atoms with Gasteiger partial charge in [0.05, 0.1) is 10.6 Å². The molecule has 0 radical (unpaired) electrons. The van der Waals surface area contributed by atoms with Gasteiger partial charge in [-0.2, -0.15) is 4.31 Å². The molecule has 0 atom stereocenters. The fourth-order valence-electron chi connectivity index (χ4n) is 3.59. The van der Waals surface area contributed by atoms with Gasteiger partial charge >= 0.3 is 0 Å². The van der Waals surface area contributed by atoms with E-state index in [4.69, 9.17) is 0 Å². The Morgan fingerprint density at radius 3 is 2.24 bits per heavy atom. The maximum atomic E-state index is 13.0. The number of hydrogen-bond donors (Lipinski definition) is 2. The minimum atomic E-state index is -3.57. The third-order valence-corrected chi connectivity index (χ3v) is 7.18. The first-order chi connectivity index (χ1) is 14.0. The molecule has 150 valence electrons. The van der Waals surface area contributed by atoms with Gasteiger partial charge in [0.15, 0.2) is 0 Å². The highest BCUT2D eigenvalue weighted by Gasteiger charge is 2.32. The molecule has 0 aliphatic carbocycles. The number of hydrogen-bond acceptors (Lipinski definition) is 4. The number of piperidine rings is 1. The van der Waals surface area contributed by atoms with Crippen LogP contribution in [0.4, 0.5) is 5.69 Å². The number of nitrogens with zero attached hydrogens (tertiary/aromatic N) is 1. The number of para-hydroxylation sites is 1. The summed E-state index contributed by atoms with van der Waals surface area (Å²) < 4.78 is 27.5. The summed E-state index contributed by atoms with van der Waals surface area (Å²) in [6.45, 7) is 0.664. The van der Waals surface area contributed by atoms with Crippen LogP contribution in [-0.4, -0.2) is 31.7 Å². The van der Waals surface area contributed by atoms with E-state index in [1.807, 2.05) is 60.7 Å². The Labute approximate surface area is 170 Å². The quantitative estimate of drug-likeness (QED) is 0.633. The lowest BCUT2D eigenvalue weighted by Crippen LogP contribution is -2.44. The monoisotopic (exact) mass is 409 g/mol. The largest absolute Gasteiger partial charge is 0.299 e. The summed E-state index contributed by atoms with van der Waals surface area (Å²) >= 11 is 0. The predicted octanol–water partition coefficient (Wildman–Crippen LogP) is 3.38. The first kappa shape index (κ1) is 19.4. The van der Waals surface area contributed by atoms with E-state index in [1.165, 1.54) is 4.31 Å². The first-order valence-corrected chi connectivity index (χ1v) is 11.1. The number of carbonyl (C=O) groups is 1. The van der Waals surface area contributed by atoms with Crippen molar-refractivity contribution in [3.05, 3.63) is 72.8 Å². The summed E-state index contributed by atoms with van der Waals surface area (Å²) in [7, 11) is -3.57. The molecule has 3 aromatic rings. The Morgan fingerprint density at radius 2 is 1.52 bits per heavy atom. The third-order valence-electron chi connectivity index (χ3n) is 5.29. The molecule has 4 rings (SSSR count). The minimum absolute atomic E-state index is 0.114. The van der Waals surface area contributed by atoms with E-state index < -0.39 is 10.0 Å². The van der Waals surface area contributed by atoms with Gasteiger partial charge in [0.2, 0.25) is 15.9 Å². The van der Waals surface area contributed by atoms with Gasteiger partial charge in [-0.3, -0.25) is 15.6 Å². The van der Waals surface area contributed by atoms with E-state index in [9.17, 15) is 13.2 Å². The van der Waals surface area contributed by atoms with Crippen molar-refractivity contribution >= 4 is 32.4 Å². The highest BCUT2D eigenvalue weighted by atomic mass is 32.2. The fraction of sp³-hybridized carbons (Fsp3) is 0.227. The van der Waals surface area contributed by atoms with Crippen LogP contribution in [0.2, 0.25) is 0 Å². The van der Waals surface area contributed by atoms with E-state index in [2.05, 4.69) is 10.9 Å². The molecule has 0 saturated carbocycles. The summed E-state index contributed by atoms with van der Waals surface area (Å²) in [6.07, 6.45) is 0.990. The van der Waals surface area contributed by atoms with E-state index in [1.54, 1.807) is 12.1 Å². The zero-order valence-corrected chi connectivity index (χ0v) is 16.7. The molecular formula is C22H23N3O3S. The molecule has 1 aliphatic rings. The fourth-order valence-corrected chi connectivity index (χ4v) is 5.10. The SMILES string of the molecule is O=C(NNc1ccccc1)C1CCN(S(=O)(=O)c2ccc3ccccc3c2)CC1. The van der Waals surface area contributed by atoms with Crippen molar-refractivity contribution in [2.45, 2.75) is 17.7 Å². The van der Waals surface area contributed by atoms with E-state index >= 15 is 0 Å². The number of benzene rings is 3.